The molecule has 1 heterocycles. The molecule has 2 N–H and O–H groups in total. The second-order valence-electron chi connectivity index (χ2n) is 8.13. The zero-order valence-corrected chi connectivity index (χ0v) is 18.4. The van der Waals surface area contributed by atoms with Gasteiger partial charge in [-0.15, -0.1) is 0 Å². The molecule has 0 unspecified atom stereocenters. The van der Waals surface area contributed by atoms with Gasteiger partial charge in [0, 0.05) is 12.0 Å². The summed E-state index contributed by atoms with van der Waals surface area (Å²) >= 11 is 6.08. The van der Waals surface area contributed by atoms with Gasteiger partial charge in [-0.1, -0.05) is 29.3 Å². The molecule has 1 atom stereocenters. The number of phenolic OH excluding ortho intramolecular Hbond substituents is 2. The van der Waals surface area contributed by atoms with E-state index in [0.717, 1.165) is 24.0 Å². The van der Waals surface area contributed by atoms with Gasteiger partial charge in [0.1, 0.15) is 17.1 Å². The minimum Gasteiger partial charge on any atom is -0.507 e. The highest BCUT2D eigenvalue weighted by molar-refractivity contribution is 6.33. The van der Waals surface area contributed by atoms with E-state index in [4.69, 9.17) is 16.3 Å². The smallest absolute Gasteiger partial charge is 0.167 e. The van der Waals surface area contributed by atoms with Crippen molar-refractivity contribution in [3.63, 3.8) is 0 Å². The monoisotopic (exact) mass is 420 g/mol. The normalized spacial score (nSPS) is 19.7. The average molecular weight is 421 g/mol. The number of halogens is 1. The molecule has 158 valence electrons. The Morgan fingerprint density at radius 2 is 1.90 bits per heavy atom. The highest BCUT2D eigenvalue weighted by Crippen LogP contribution is 2.40. The number of benzene rings is 1. The van der Waals surface area contributed by atoms with E-state index in [0.29, 0.717) is 18.3 Å². The third kappa shape index (κ3) is 5.09. The number of ketones is 1. The van der Waals surface area contributed by atoms with Gasteiger partial charge in [0.15, 0.2) is 12.1 Å². The van der Waals surface area contributed by atoms with Crippen molar-refractivity contribution in [1.82, 2.24) is 0 Å². The fourth-order valence-electron chi connectivity index (χ4n) is 3.39. The molecule has 1 aliphatic rings. The van der Waals surface area contributed by atoms with Crippen LogP contribution < -0.4 is 0 Å². The molecule has 1 aromatic rings. The Balaban J connectivity index is 2.02. The van der Waals surface area contributed by atoms with Gasteiger partial charge >= 0.3 is 0 Å². The summed E-state index contributed by atoms with van der Waals surface area (Å²) in [5, 5.41) is 20.6. The number of Topliss-reactive ketones (excluding diaryl/α,β-unsaturated/α-hetero) is 1. The van der Waals surface area contributed by atoms with Crippen molar-refractivity contribution < 1.29 is 24.5 Å². The van der Waals surface area contributed by atoms with Crippen LogP contribution in [0.2, 0.25) is 5.02 Å². The van der Waals surface area contributed by atoms with Crippen LogP contribution in [0.15, 0.2) is 23.3 Å². The Hall–Kier alpha value is -2.11. The van der Waals surface area contributed by atoms with Crippen molar-refractivity contribution in [3.05, 3.63) is 45.0 Å². The zero-order valence-electron chi connectivity index (χ0n) is 17.6. The number of phenols is 2. The van der Waals surface area contributed by atoms with Crippen molar-refractivity contribution in [2.75, 3.05) is 0 Å². The first-order chi connectivity index (χ1) is 13.5. The highest BCUT2D eigenvalue weighted by Gasteiger charge is 2.40. The van der Waals surface area contributed by atoms with Crippen molar-refractivity contribution in [1.29, 1.82) is 0 Å². The van der Waals surface area contributed by atoms with E-state index in [-0.39, 0.29) is 46.0 Å². The number of aromatic hydroxyl groups is 2. The van der Waals surface area contributed by atoms with Crippen LogP contribution >= 0.6 is 11.6 Å². The van der Waals surface area contributed by atoms with Gasteiger partial charge in [0.25, 0.3) is 0 Å². The van der Waals surface area contributed by atoms with E-state index in [1.807, 2.05) is 19.9 Å². The van der Waals surface area contributed by atoms with E-state index in [2.05, 4.69) is 6.08 Å². The second kappa shape index (κ2) is 9.14. The van der Waals surface area contributed by atoms with E-state index in [1.165, 1.54) is 0 Å². The van der Waals surface area contributed by atoms with Crippen molar-refractivity contribution in [3.8, 4) is 11.5 Å². The van der Waals surface area contributed by atoms with Crippen molar-refractivity contribution in [2.45, 2.75) is 72.0 Å². The van der Waals surface area contributed by atoms with Gasteiger partial charge in [-0.2, -0.15) is 0 Å². The number of hydrogen-bond donors (Lipinski definition) is 2. The molecule has 1 aliphatic heterocycles. The molecular formula is C23H29ClO5. The first-order valence-electron chi connectivity index (χ1n) is 9.71. The summed E-state index contributed by atoms with van der Waals surface area (Å²) in [6, 6.07) is 0. The van der Waals surface area contributed by atoms with Gasteiger partial charge in [0.05, 0.1) is 16.7 Å². The maximum Gasteiger partial charge on any atom is 0.167 e. The number of allylic oxidation sites excluding steroid dienone is 3. The van der Waals surface area contributed by atoms with Gasteiger partial charge in [-0.3, -0.25) is 9.59 Å². The molecule has 5 nitrogen and oxygen atoms in total. The summed E-state index contributed by atoms with van der Waals surface area (Å²) < 4.78 is 5.83. The fraction of sp³-hybridized carbons (Fsp3) is 0.478. The quantitative estimate of drug-likeness (QED) is 0.466. The lowest BCUT2D eigenvalue weighted by Gasteiger charge is -2.18. The van der Waals surface area contributed by atoms with Crippen LogP contribution in [0.1, 0.15) is 68.4 Å². The summed E-state index contributed by atoms with van der Waals surface area (Å²) in [6.45, 7) is 9.12. The van der Waals surface area contributed by atoms with Crippen LogP contribution in [0, 0.1) is 6.92 Å². The molecule has 0 bridgehead atoms. The number of aldehydes is 1. The van der Waals surface area contributed by atoms with E-state index >= 15 is 0 Å². The Morgan fingerprint density at radius 3 is 2.45 bits per heavy atom. The lowest BCUT2D eigenvalue weighted by Crippen LogP contribution is -2.27. The first-order valence-corrected chi connectivity index (χ1v) is 10.1. The van der Waals surface area contributed by atoms with Crippen LogP contribution in [0.3, 0.4) is 0 Å². The maximum atomic E-state index is 11.9. The first kappa shape index (κ1) is 23.2. The minimum absolute atomic E-state index is 0.0820. The minimum atomic E-state index is -0.713. The Kier molecular flexibility index (Phi) is 7.30. The topological polar surface area (TPSA) is 83.8 Å². The molecule has 2 rings (SSSR count). The van der Waals surface area contributed by atoms with Crippen LogP contribution in [-0.4, -0.2) is 34.0 Å². The second-order valence-corrected chi connectivity index (χ2v) is 8.51. The summed E-state index contributed by atoms with van der Waals surface area (Å²) in [5.41, 5.74) is 2.11. The summed E-state index contributed by atoms with van der Waals surface area (Å²) in [7, 11) is 0. The van der Waals surface area contributed by atoms with E-state index < -0.39 is 5.60 Å². The van der Waals surface area contributed by atoms with Gasteiger partial charge in [-0.25, -0.2) is 0 Å². The lowest BCUT2D eigenvalue weighted by molar-refractivity contribution is -0.129. The molecule has 1 fully saturated rings. The predicted octanol–water partition coefficient (Wildman–Crippen LogP) is 5.22. The fourth-order valence-corrected chi connectivity index (χ4v) is 3.60. The van der Waals surface area contributed by atoms with Crippen LogP contribution in [0.25, 0.3) is 0 Å². The third-order valence-corrected chi connectivity index (χ3v) is 5.99. The molecule has 1 saturated heterocycles. The predicted molar refractivity (Wildman–Crippen MR) is 114 cm³/mol. The van der Waals surface area contributed by atoms with Crippen LogP contribution in [0.5, 0.6) is 11.5 Å². The molecule has 1 aromatic carbocycles. The molecule has 0 amide bonds. The Bertz CT molecular complexity index is 880. The molecule has 0 saturated carbocycles. The molecular weight excluding hydrogens is 392 g/mol. The Morgan fingerprint density at radius 1 is 1.24 bits per heavy atom. The average Bonchev–Trinajstić information content (AvgIpc) is 2.93. The highest BCUT2D eigenvalue weighted by atomic mass is 35.5. The number of ether oxygens (including phenoxy) is 1. The van der Waals surface area contributed by atoms with Gasteiger partial charge < -0.3 is 14.9 Å². The van der Waals surface area contributed by atoms with E-state index in [9.17, 15) is 19.8 Å². The van der Waals surface area contributed by atoms with Crippen molar-refractivity contribution in [2.24, 2.45) is 0 Å². The zero-order chi connectivity index (χ0) is 21.9. The third-order valence-electron chi connectivity index (χ3n) is 5.53. The molecule has 0 spiro atoms. The van der Waals surface area contributed by atoms with Crippen LogP contribution in [-0.2, 0) is 16.0 Å². The SMILES string of the molecule is CC(=CCc1c(O)c(Cl)c(C)c(C=O)c1O)CCC=C(C)[C@H]1CC(=O)C(C)(C)O1. The standard InChI is InChI=1S/C23H29ClO5/c1-13(7-6-8-14(2)18-11-19(26)23(4,5)29-18)9-10-16-21(27)17(12-25)15(3)20(24)22(16)28/h8-9,12,18,27-28H,6-7,10-11H2,1-5H3/t18-/m1/s1. The molecule has 0 radical (unpaired) electrons. The van der Waals surface area contributed by atoms with Gasteiger partial charge in [-0.05, 0) is 65.0 Å². The maximum absolute atomic E-state index is 11.9. The van der Waals surface area contributed by atoms with Crippen LogP contribution in [0.4, 0.5) is 0 Å². The number of carbonyl (C=O) groups is 2. The lowest BCUT2D eigenvalue weighted by atomic mass is 9.98. The molecule has 6 heteroatoms. The number of carbonyl (C=O) groups excluding carboxylic acids is 2. The molecule has 0 aliphatic carbocycles. The van der Waals surface area contributed by atoms with Crippen molar-refractivity contribution >= 4 is 23.7 Å². The van der Waals surface area contributed by atoms with Gasteiger partial charge in [0.2, 0.25) is 0 Å². The number of rotatable bonds is 7. The number of hydrogen-bond acceptors (Lipinski definition) is 5. The summed E-state index contributed by atoms with van der Waals surface area (Å²) in [6.07, 6.45) is 6.61. The van der Waals surface area contributed by atoms with E-state index in [1.54, 1.807) is 20.8 Å². The molecule has 0 aromatic heterocycles. The largest absolute Gasteiger partial charge is 0.507 e. The summed E-state index contributed by atoms with van der Waals surface area (Å²) in [5.74, 6) is -0.306. The molecule has 29 heavy (non-hydrogen) atoms. The summed E-state index contributed by atoms with van der Waals surface area (Å²) in [4.78, 5) is 23.1. The Labute approximate surface area is 177 Å².